The van der Waals surface area contributed by atoms with Gasteiger partial charge in [-0.2, -0.15) is 0 Å². The van der Waals surface area contributed by atoms with Gasteiger partial charge in [0.1, 0.15) is 0 Å². The molecule has 22 heavy (non-hydrogen) atoms. The van der Waals surface area contributed by atoms with Crippen molar-refractivity contribution in [2.24, 2.45) is 4.99 Å². The molecule has 0 aromatic heterocycles. The van der Waals surface area contributed by atoms with Crippen molar-refractivity contribution in [1.82, 2.24) is 15.4 Å². The van der Waals surface area contributed by atoms with E-state index in [0.717, 1.165) is 12.8 Å². The molecule has 6 nitrogen and oxygen atoms in total. The molecule has 3 N–H and O–H groups in total. The standard InChI is InChI=1S/C13H19ClN4O2S.HI/c1-15-13(18-11-5-6-11)16-7-8-17-21(19,20)12-4-2-3-10(14)9-12;/h2-4,9,11,17H,5-8H2,1H3,(H2,15,16,18);1H. The lowest BCUT2D eigenvalue weighted by Crippen LogP contribution is -2.42. The predicted octanol–water partition coefficient (Wildman–Crippen LogP) is 1.56. The molecule has 9 heteroatoms. The van der Waals surface area contributed by atoms with Gasteiger partial charge >= 0.3 is 0 Å². The van der Waals surface area contributed by atoms with Crippen molar-refractivity contribution < 1.29 is 8.42 Å². The van der Waals surface area contributed by atoms with E-state index in [-0.39, 0.29) is 35.4 Å². The number of sulfonamides is 1. The van der Waals surface area contributed by atoms with Gasteiger partial charge in [-0.1, -0.05) is 17.7 Å². The Morgan fingerprint density at radius 2 is 2.09 bits per heavy atom. The molecule has 0 amide bonds. The molecule has 0 heterocycles. The zero-order chi connectivity index (χ0) is 15.3. The Morgan fingerprint density at radius 1 is 1.36 bits per heavy atom. The van der Waals surface area contributed by atoms with Crippen LogP contribution in [0.1, 0.15) is 12.8 Å². The zero-order valence-electron chi connectivity index (χ0n) is 12.2. The van der Waals surface area contributed by atoms with Crippen molar-refractivity contribution in [3.8, 4) is 0 Å². The maximum atomic E-state index is 12.0. The molecular formula is C13H20ClIN4O2S. The number of rotatable bonds is 6. The van der Waals surface area contributed by atoms with Crippen LogP contribution in [0.5, 0.6) is 0 Å². The molecule has 2 rings (SSSR count). The van der Waals surface area contributed by atoms with E-state index in [2.05, 4.69) is 20.3 Å². The third-order valence-electron chi connectivity index (χ3n) is 2.96. The average Bonchev–Trinajstić information content (AvgIpc) is 3.26. The van der Waals surface area contributed by atoms with Crippen LogP contribution in [0.25, 0.3) is 0 Å². The molecule has 0 bridgehead atoms. The molecule has 1 fully saturated rings. The minimum atomic E-state index is -3.53. The van der Waals surface area contributed by atoms with E-state index >= 15 is 0 Å². The van der Waals surface area contributed by atoms with Crippen LogP contribution in [0, 0.1) is 0 Å². The van der Waals surface area contributed by atoms with Gasteiger partial charge in [-0.05, 0) is 31.0 Å². The Balaban J connectivity index is 0.00000242. The quantitative estimate of drug-likeness (QED) is 0.262. The first-order chi connectivity index (χ1) is 10.0. The summed E-state index contributed by atoms with van der Waals surface area (Å²) in [5.41, 5.74) is 0. The van der Waals surface area contributed by atoms with E-state index < -0.39 is 10.0 Å². The maximum Gasteiger partial charge on any atom is 0.240 e. The van der Waals surface area contributed by atoms with E-state index in [1.54, 1.807) is 19.2 Å². The lowest BCUT2D eigenvalue weighted by molar-refractivity contribution is 0.580. The lowest BCUT2D eigenvalue weighted by Gasteiger charge is -2.12. The van der Waals surface area contributed by atoms with Gasteiger partial charge in [-0.25, -0.2) is 13.1 Å². The first-order valence-corrected chi connectivity index (χ1v) is 8.60. The molecule has 0 saturated heterocycles. The topological polar surface area (TPSA) is 82.6 Å². The SMILES string of the molecule is CN=C(NCCNS(=O)(=O)c1cccc(Cl)c1)NC1CC1.I. The van der Waals surface area contributed by atoms with Crippen LogP contribution in [0.2, 0.25) is 5.02 Å². The number of halogens is 2. The molecule has 124 valence electrons. The third kappa shape index (κ3) is 6.27. The number of hydrogen-bond acceptors (Lipinski definition) is 3. The Bertz CT molecular complexity index is 620. The van der Waals surface area contributed by atoms with Crippen molar-refractivity contribution in [1.29, 1.82) is 0 Å². The zero-order valence-corrected chi connectivity index (χ0v) is 16.1. The highest BCUT2D eigenvalue weighted by molar-refractivity contribution is 14.0. The number of nitrogens with one attached hydrogen (secondary N) is 3. The highest BCUT2D eigenvalue weighted by Gasteiger charge is 2.22. The summed E-state index contributed by atoms with van der Waals surface area (Å²) in [5.74, 6) is 0.694. The summed E-state index contributed by atoms with van der Waals surface area (Å²) in [6.07, 6.45) is 2.31. The molecule has 1 aliphatic rings. The van der Waals surface area contributed by atoms with Crippen molar-refractivity contribution in [3.63, 3.8) is 0 Å². The molecule has 0 atom stereocenters. The summed E-state index contributed by atoms with van der Waals surface area (Å²) in [5, 5.41) is 6.68. The van der Waals surface area contributed by atoms with Crippen molar-refractivity contribution in [2.45, 2.75) is 23.8 Å². The van der Waals surface area contributed by atoms with E-state index in [9.17, 15) is 8.42 Å². The maximum absolute atomic E-state index is 12.0. The van der Waals surface area contributed by atoms with Gasteiger partial charge in [0.05, 0.1) is 4.90 Å². The van der Waals surface area contributed by atoms with E-state index in [1.807, 2.05) is 0 Å². The van der Waals surface area contributed by atoms with E-state index in [1.165, 1.54) is 12.1 Å². The van der Waals surface area contributed by atoms with E-state index in [4.69, 9.17) is 11.6 Å². The number of aliphatic imine (C=N–C) groups is 1. The molecule has 1 aromatic rings. The fourth-order valence-electron chi connectivity index (χ4n) is 1.70. The van der Waals surface area contributed by atoms with Crippen molar-refractivity contribution in [3.05, 3.63) is 29.3 Å². The monoisotopic (exact) mass is 458 g/mol. The predicted molar refractivity (Wildman–Crippen MR) is 99.6 cm³/mol. The van der Waals surface area contributed by atoms with Crippen LogP contribution in [0.4, 0.5) is 0 Å². The molecule has 0 unspecified atom stereocenters. The van der Waals surface area contributed by atoms with Crippen LogP contribution in [0.15, 0.2) is 34.2 Å². The van der Waals surface area contributed by atoms with Gasteiger partial charge in [0.2, 0.25) is 10.0 Å². The Morgan fingerprint density at radius 3 is 2.68 bits per heavy atom. The molecular weight excluding hydrogens is 439 g/mol. The normalized spacial score (nSPS) is 15.1. The second kappa shape index (κ2) is 8.90. The fraction of sp³-hybridized carbons (Fsp3) is 0.462. The van der Waals surface area contributed by atoms with Gasteiger partial charge in [0.25, 0.3) is 0 Å². The molecule has 1 saturated carbocycles. The lowest BCUT2D eigenvalue weighted by atomic mass is 10.4. The Hall–Kier alpha value is -0.580. The van der Waals surface area contributed by atoms with Gasteiger partial charge in [-0.3, -0.25) is 4.99 Å². The van der Waals surface area contributed by atoms with Gasteiger partial charge in [0.15, 0.2) is 5.96 Å². The van der Waals surface area contributed by atoms with Crippen LogP contribution in [-0.4, -0.2) is 40.6 Å². The van der Waals surface area contributed by atoms with Gasteiger partial charge in [-0.15, -0.1) is 24.0 Å². The van der Waals surface area contributed by atoms with Crippen LogP contribution < -0.4 is 15.4 Å². The van der Waals surface area contributed by atoms with Crippen LogP contribution in [0.3, 0.4) is 0 Å². The minimum Gasteiger partial charge on any atom is -0.355 e. The summed E-state index contributed by atoms with van der Waals surface area (Å²) in [6.45, 7) is 0.715. The molecule has 0 spiro atoms. The summed E-state index contributed by atoms with van der Waals surface area (Å²) < 4.78 is 26.6. The summed E-state index contributed by atoms with van der Waals surface area (Å²) >= 11 is 5.80. The smallest absolute Gasteiger partial charge is 0.240 e. The first kappa shape index (κ1) is 19.5. The summed E-state index contributed by atoms with van der Waals surface area (Å²) in [4.78, 5) is 4.23. The van der Waals surface area contributed by atoms with E-state index in [0.29, 0.717) is 23.6 Å². The second-order valence-electron chi connectivity index (χ2n) is 4.77. The second-order valence-corrected chi connectivity index (χ2v) is 6.98. The van der Waals surface area contributed by atoms with Crippen molar-refractivity contribution in [2.75, 3.05) is 20.1 Å². The fourth-order valence-corrected chi connectivity index (χ4v) is 3.03. The Labute approximate surface area is 153 Å². The van der Waals surface area contributed by atoms with Gasteiger partial charge < -0.3 is 10.6 Å². The number of nitrogens with zero attached hydrogens (tertiary/aromatic N) is 1. The molecule has 0 aliphatic heterocycles. The largest absolute Gasteiger partial charge is 0.355 e. The third-order valence-corrected chi connectivity index (χ3v) is 4.65. The first-order valence-electron chi connectivity index (χ1n) is 6.74. The van der Waals surface area contributed by atoms with Crippen LogP contribution >= 0.6 is 35.6 Å². The number of benzene rings is 1. The number of guanidine groups is 1. The summed E-state index contributed by atoms with van der Waals surface area (Å²) in [7, 11) is -1.84. The highest BCUT2D eigenvalue weighted by Crippen LogP contribution is 2.18. The van der Waals surface area contributed by atoms with Gasteiger partial charge in [0, 0.05) is 31.2 Å². The summed E-state index contributed by atoms with van der Waals surface area (Å²) in [6, 6.07) is 6.67. The Kier molecular flexibility index (Phi) is 7.87. The molecule has 1 aromatic carbocycles. The number of hydrogen-bond donors (Lipinski definition) is 3. The van der Waals surface area contributed by atoms with Crippen LogP contribution in [-0.2, 0) is 10.0 Å². The molecule has 1 aliphatic carbocycles. The minimum absolute atomic E-state index is 0. The average molecular weight is 459 g/mol. The van der Waals surface area contributed by atoms with Crippen molar-refractivity contribution >= 4 is 51.6 Å². The highest BCUT2D eigenvalue weighted by atomic mass is 127. The molecule has 0 radical (unpaired) electrons.